The Balaban J connectivity index is 1.79. The van der Waals surface area contributed by atoms with Gasteiger partial charge in [-0.05, 0) is 63.2 Å². The van der Waals surface area contributed by atoms with Gasteiger partial charge in [0.15, 0.2) is 0 Å². The van der Waals surface area contributed by atoms with Crippen LogP contribution in [-0.4, -0.2) is 10.3 Å². The highest BCUT2D eigenvalue weighted by Crippen LogP contribution is 2.55. The molecule has 1 unspecified atom stereocenters. The van der Waals surface area contributed by atoms with E-state index in [-0.39, 0.29) is 16.4 Å². The summed E-state index contributed by atoms with van der Waals surface area (Å²) in [6.45, 7) is 2.26. The third-order valence-corrected chi connectivity index (χ3v) is 8.36. The largest absolute Gasteiger partial charge is 0.508 e. The van der Waals surface area contributed by atoms with Crippen LogP contribution in [-0.2, 0) is 5.54 Å². The molecule has 128 valence electrons. The average molecular weight is 342 g/mol. The van der Waals surface area contributed by atoms with Crippen LogP contribution in [0.3, 0.4) is 0 Å². The molecule has 1 saturated carbocycles. The molecule has 3 rings (SSSR count). The molecule has 2 aromatic rings. The van der Waals surface area contributed by atoms with Gasteiger partial charge in [0.1, 0.15) is 5.75 Å². The highest BCUT2D eigenvalue weighted by molar-refractivity contribution is 7.64. The summed E-state index contributed by atoms with van der Waals surface area (Å²) in [5.41, 5.74) is 14.3. The summed E-state index contributed by atoms with van der Waals surface area (Å²) in [5, 5.41) is 11.0. The van der Waals surface area contributed by atoms with Crippen LogP contribution in [0.15, 0.2) is 54.6 Å². The van der Waals surface area contributed by atoms with Crippen LogP contribution in [0.2, 0.25) is 0 Å². The molecule has 3 nitrogen and oxygen atoms in total. The first-order valence-electron chi connectivity index (χ1n) is 8.67. The highest BCUT2D eigenvalue weighted by Gasteiger charge is 2.44. The number of phenols is 1. The lowest BCUT2D eigenvalue weighted by atomic mass is 9.72. The molecule has 0 aromatic heterocycles. The summed E-state index contributed by atoms with van der Waals surface area (Å²) in [4.78, 5) is 0. The minimum absolute atomic E-state index is 0.177. The van der Waals surface area contributed by atoms with Crippen LogP contribution >= 0.6 is 8.07 Å². The Morgan fingerprint density at radius 2 is 1.54 bits per heavy atom. The summed E-state index contributed by atoms with van der Waals surface area (Å²) in [5.74, 6) is 0.288. The van der Waals surface area contributed by atoms with Gasteiger partial charge in [-0.2, -0.15) is 0 Å². The van der Waals surface area contributed by atoms with E-state index in [0.717, 1.165) is 37.7 Å². The topological polar surface area (TPSA) is 72.3 Å². The zero-order valence-corrected chi connectivity index (χ0v) is 15.2. The molecular formula is C20H27N2OP. The molecule has 0 spiro atoms. The van der Waals surface area contributed by atoms with E-state index in [9.17, 15) is 5.11 Å². The maximum Gasteiger partial charge on any atom is 0.115 e. The SMILES string of the molecule is CCC1(P(N)c2ccccc2)CCC(N)(c2ccc(O)cc2)CC1. The Bertz CT molecular complexity index is 664. The first kappa shape index (κ1) is 17.4. The van der Waals surface area contributed by atoms with E-state index in [2.05, 4.69) is 31.2 Å². The van der Waals surface area contributed by atoms with Gasteiger partial charge < -0.3 is 16.3 Å². The fraction of sp³-hybridized carbons (Fsp3) is 0.400. The van der Waals surface area contributed by atoms with E-state index in [4.69, 9.17) is 11.2 Å². The van der Waals surface area contributed by atoms with Crippen molar-refractivity contribution in [2.75, 3.05) is 0 Å². The van der Waals surface area contributed by atoms with E-state index in [1.54, 1.807) is 12.1 Å². The smallest absolute Gasteiger partial charge is 0.115 e. The van der Waals surface area contributed by atoms with Gasteiger partial charge in [0.25, 0.3) is 0 Å². The second kappa shape index (κ2) is 6.84. The Kier molecular flexibility index (Phi) is 4.96. The van der Waals surface area contributed by atoms with Crippen LogP contribution in [0.25, 0.3) is 0 Å². The third-order valence-electron chi connectivity index (χ3n) is 5.72. The van der Waals surface area contributed by atoms with E-state index >= 15 is 0 Å². The molecule has 0 heterocycles. The van der Waals surface area contributed by atoms with E-state index in [0.29, 0.717) is 0 Å². The Hall–Kier alpha value is -1.41. The predicted octanol–water partition coefficient (Wildman–Crippen LogP) is 3.95. The molecule has 0 aliphatic heterocycles. The Labute approximate surface area is 145 Å². The van der Waals surface area contributed by atoms with Crippen molar-refractivity contribution in [2.45, 2.75) is 49.7 Å². The molecule has 0 bridgehead atoms. The third kappa shape index (κ3) is 3.21. The van der Waals surface area contributed by atoms with Crippen molar-refractivity contribution in [1.29, 1.82) is 0 Å². The minimum Gasteiger partial charge on any atom is -0.508 e. The van der Waals surface area contributed by atoms with Crippen molar-refractivity contribution >= 4 is 13.4 Å². The van der Waals surface area contributed by atoms with E-state index < -0.39 is 8.07 Å². The van der Waals surface area contributed by atoms with Gasteiger partial charge >= 0.3 is 0 Å². The maximum atomic E-state index is 9.50. The first-order chi connectivity index (χ1) is 11.5. The molecular weight excluding hydrogens is 315 g/mol. The normalized spacial score (nSPS) is 28.5. The van der Waals surface area contributed by atoms with Crippen LogP contribution in [0.4, 0.5) is 0 Å². The number of hydrogen-bond donors (Lipinski definition) is 3. The number of hydrogen-bond acceptors (Lipinski definition) is 3. The highest BCUT2D eigenvalue weighted by atomic mass is 31.1. The van der Waals surface area contributed by atoms with Crippen molar-refractivity contribution in [2.24, 2.45) is 11.2 Å². The molecule has 0 amide bonds. The zero-order valence-electron chi connectivity index (χ0n) is 14.3. The monoisotopic (exact) mass is 342 g/mol. The molecule has 4 heteroatoms. The van der Waals surface area contributed by atoms with Crippen molar-refractivity contribution in [3.63, 3.8) is 0 Å². The summed E-state index contributed by atoms with van der Waals surface area (Å²) < 4.78 is 0. The average Bonchev–Trinajstić information content (AvgIpc) is 2.63. The van der Waals surface area contributed by atoms with Crippen molar-refractivity contribution in [3.05, 3.63) is 60.2 Å². The van der Waals surface area contributed by atoms with Gasteiger partial charge in [-0.25, -0.2) is 0 Å². The fourth-order valence-corrected chi connectivity index (χ4v) is 5.96. The van der Waals surface area contributed by atoms with Crippen LogP contribution < -0.4 is 16.5 Å². The number of phenolic OH excluding ortho intramolecular Hbond substituents is 1. The quantitative estimate of drug-likeness (QED) is 0.737. The fourth-order valence-electron chi connectivity index (χ4n) is 3.87. The lowest BCUT2D eigenvalue weighted by Crippen LogP contribution is -2.47. The zero-order chi connectivity index (χ0) is 17.2. The minimum atomic E-state index is -0.689. The van der Waals surface area contributed by atoms with Gasteiger partial charge in [-0.15, -0.1) is 0 Å². The second-order valence-electron chi connectivity index (χ2n) is 6.99. The van der Waals surface area contributed by atoms with Crippen molar-refractivity contribution in [1.82, 2.24) is 0 Å². The van der Waals surface area contributed by atoms with Gasteiger partial charge in [0.05, 0.1) is 0 Å². The summed E-state index contributed by atoms with van der Waals surface area (Å²) in [6, 6.07) is 17.9. The molecule has 0 saturated heterocycles. The molecule has 2 aromatic carbocycles. The molecule has 1 atom stereocenters. The second-order valence-corrected chi connectivity index (χ2v) is 9.19. The summed E-state index contributed by atoms with van der Waals surface area (Å²) >= 11 is 0. The molecule has 24 heavy (non-hydrogen) atoms. The standard InChI is InChI=1S/C20H27N2OP/c1-2-19(24(22)18-6-4-3-5-7-18)12-14-20(21,15-13-19)16-8-10-17(23)11-9-16/h3-11,23H,2,12-15,21-22H2,1H3. The van der Waals surface area contributed by atoms with Gasteiger partial charge in [-0.3, -0.25) is 0 Å². The summed E-state index contributed by atoms with van der Waals surface area (Å²) in [7, 11) is -0.689. The number of rotatable bonds is 4. The van der Waals surface area contributed by atoms with Crippen LogP contribution in [0.5, 0.6) is 5.75 Å². The first-order valence-corrected chi connectivity index (χ1v) is 10.1. The molecule has 0 radical (unpaired) electrons. The summed E-state index contributed by atoms with van der Waals surface area (Å²) in [6.07, 6.45) is 5.08. The molecule has 1 aliphatic carbocycles. The Morgan fingerprint density at radius 1 is 0.958 bits per heavy atom. The van der Waals surface area contributed by atoms with Gasteiger partial charge in [0, 0.05) is 10.7 Å². The number of nitrogens with two attached hydrogens (primary N) is 2. The van der Waals surface area contributed by atoms with Gasteiger partial charge in [0.2, 0.25) is 0 Å². The van der Waals surface area contributed by atoms with Crippen LogP contribution in [0, 0.1) is 0 Å². The molecule has 5 N–H and O–H groups in total. The maximum absolute atomic E-state index is 9.50. The van der Waals surface area contributed by atoms with Gasteiger partial charge in [-0.1, -0.05) is 49.4 Å². The molecule has 1 fully saturated rings. The molecule has 1 aliphatic rings. The van der Waals surface area contributed by atoms with Crippen molar-refractivity contribution in [3.8, 4) is 5.75 Å². The Morgan fingerprint density at radius 3 is 2.08 bits per heavy atom. The number of benzene rings is 2. The van der Waals surface area contributed by atoms with E-state index in [1.807, 2.05) is 18.2 Å². The predicted molar refractivity (Wildman–Crippen MR) is 103 cm³/mol. The number of aromatic hydroxyl groups is 1. The lowest BCUT2D eigenvalue weighted by Gasteiger charge is -2.47. The van der Waals surface area contributed by atoms with Crippen molar-refractivity contribution < 1.29 is 5.11 Å². The lowest BCUT2D eigenvalue weighted by molar-refractivity contribution is 0.250. The van der Waals surface area contributed by atoms with Crippen LogP contribution in [0.1, 0.15) is 44.6 Å². The van der Waals surface area contributed by atoms with E-state index in [1.165, 1.54) is 5.30 Å².